The van der Waals surface area contributed by atoms with Crippen LogP contribution < -0.4 is 4.74 Å². The van der Waals surface area contributed by atoms with Crippen molar-refractivity contribution in [2.45, 2.75) is 0 Å². The standard InChI is InChI=1S/C8H8N2O6/c1-15-7-5(11)3-4(8(12)16-2)6(9-7)10(13)14/h3,11H,1-2H3. The molecule has 0 aliphatic rings. The van der Waals surface area contributed by atoms with Gasteiger partial charge in [-0.2, -0.15) is 0 Å². The van der Waals surface area contributed by atoms with Crippen molar-refractivity contribution in [3.63, 3.8) is 0 Å². The van der Waals surface area contributed by atoms with Gasteiger partial charge in [-0.15, -0.1) is 0 Å². The highest BCUT2D eigenvalue weighted by Gasteiger charge is 2.27. The lowest BCUT2D eigenvalue weighted by Crippen LogP contribution is -2.08. The molecule has 16 heavy (non-hydrogen) atoms. The molecule has 0 saturated carbocycles. The molecule has 1 rings (SSSR count). The molecule has 0 unspecified atom stereocenters. The number of carbonyl (C=O) groups is 1. The first-order chi connectivity index (χ1) is 7.51. The summed E-state index contributed by atoms with van der Waals surface area (Å²) in [5, 5.41) is 19.9. The molecule has 8 nitrogen and oxygen atoms in total. The van der Waals surface area contributed by atoms with Crippen LogP contribution in [0.4, 0.5) is 5.82 Å². The Labute approximate surface area is 89.6 Å². The van der Waals surface area contributed by atoms with Crippen molar-refractivity contribution in [1.82, 2.24) is 4.98 Å². The molecule has 0 aliphatic carbocycles. The number of esters is 1. The fourth-order valence-corrected chi connectivity index (χ4v) is 1.03. The van der Waals surface area contributed by atoms with E-state index in [4.69, 9.17) is 0 Å². The third-order valence-electron chi connectivity index (χ3n) is 1.72. The summed E-state index contributed by atoms with van der Waals surface area (Å²) in [6.07, 6.45) is 0. The average Bonchev–Trinajstić information content (AvgIpc) is 2.27. The minimum Gasteiger partial charge on any atom is -0.501 e. The van der Waals surface area contributed by atoms with Gasteiger partial charge in [-0.05, 0) is 4.92 Å². The Hall–Kier alpha value is -2.38. The number of ether oxygens (including phenoxy) is 2. The lowest BCUT2D eigenvalue weighted by molar-refractivity contribution is -0.390. The fourth-order valence-electron chi connectivity index (χ4n) is 1.03. The van der Waals surface area contributed by atoms with Gasteiger partial charge in [-0.3, -0.25) is 0 Å². The van der Waals surface area contributed by atoms with Gasteiger partial charge in [-0.25, -0.2) is 4.79 Å². The topological polar surface area (TPSA) is 112 Å². The molecule has 0 atom stereocenters. The number of nitrogens with zero attached hydrogens (tertiary/aromatic N) is 2. The second-order valence-electron chi connectivity index (χ2n) is 2.64. The van der Waals surface area contributed by atoms with Crippen LogP contribution in [0.1, 0.15) is 10.4 Å². The number of pyridine rings is 1. The van der Waals surface area contributed by atoms with Crippen LogP contribution in [0, 0.1) is 10.1 Å². The zero-order valence-corrected chi connectivity index (χ0v) is 8.46. The van der Waals surface area contributed by atoms with Crippen LogP contribution in [0.3, 0.4) is 0 Å². The number of nitro groups is 1. The molecule has 1 aromatic heterocycles. The van der Waals surface area contributed by atoms with Gasteiger partial charge in [0.25, 0.3) is 0 Å². The van der Waals surface area contributed by atoms with Gasteiger partial charge in [0.05, 0.1) is 14.2 Å². The van der Waals surface area contributed by atoms with E-state index < -0.39 is 28.0 Å². The van der Waals surface area contributed by atoms with E-state index in [9.17, 15) is 20.0 Å². The maximum absolute atomic E-state index is 11.2. The summed E-state index contributed by atoms with van der Waals surface area (Å²) in [4.78, 5) is 24.3. The lowest BCUT2D eigenvalue weighted by atomic mass is 10.2. The summed E-state index contributed by atoms with van der Waals surface area (Å²) in [5.74, 6) is -2.51. The van der Waals surface area contributed by atoms with E-state index >= 15 is 0 Å². The Bertz CT molecular complexity index is 444. The van der Waals surface area contributed by atoms with Gasteiger partial charge in [0.2, 0.25) is 5.75 Å². The van der Waals surface area contributed by atoms with Crippen LogP contribution in [0.2, 0.25) is 0 Å². The molecule has 0 radical (unpaired) electrons. The van der Waals surface area contributed by atoms with Crippen LogP contribution >= 0.6 is 0 Å². The zero-order valence-electron chi connectivity index (χ0n) is 8.46. The summed E-state index contributed by atoms with van der Waals surface area (Å²) in [6, 6.07) is 0.871. The molecule has 86 valence electrons. The molecule has 0 spiro atoms. The Morgan fingerprint density at radius 2 is 2.19 bits per heavy atom. The quantitative estimate of drug-likeness (QED) is 0.455. The molecule has 0 amide bonds. The van der Waals surface area contributed by atoms with E-state index in [2.05, 4.69) is 14.5 Å². The number of aromatic nitrogens is 1. The molecule has 0 fully saturated rings. The zero-order chi connectivity index (χ0) is 12.3. The van der Waals surface area contributed by atoms with Crippen molar-refractivity contribution in [3.8, 4) is 11.6 Å². The number of rotatable bonds is 3. The first-order valence-corrected chi connectivity index (χ1v) is 4.02. The minimum atomic E-state index is -0.961. The molecule has 0 aliphatic heterocycles. The highest BCUT2D eigenvalue weighted by Crippen LogP contribution is 2.29. The third-order valence-corrected chi connectivity index (χ3v) is 1.72. The Kier molecular flexibility index (Phi) is 3.24. The van der Waals surface area contributed by atoms with Crippen LogP contribution in [0.25, 0.3) is 0 Å². The average molecular weight is 228 g/mol. The normalized spacial score (nSPS) is 9.62. The largest absolute Gasteiger partial charge is 0.501 e. The van der Waals surface area contributed by atoms with Crippen molar-refractivity contribution in [3.05, 3.63) is 21.7 Å². The van der Waals surface area contributed by atoms with Crippen molar-refractivity contribution in [2.24, 2.45) is 0 Å². The lowest BCUT2D eigenvalue weighted by Gasteiger charge is -2.03. The van der Waals surface area contributed by atoms with Crippen molar-refractivity contribution >= 4 is 11.8 Å². The van der Waals surface area contributed by atoms with Crippen molar-refractivity contribution in [2.75, 3.05) is 14.2 Å². The first kappa shape index (κ1) is 11.7. The Balaban J connectivity index is 3.42. The SMILES string of the molecule is COC(=O)c1cc(O)c(OC)nc1[N+](=O)[O-]. The summed E-state index contributed by atoms with van der Waals surface area (Å²) < 4.78 is 8.91. The first-order valence-electron chi connectivity index (χ1n) is 4.02. The van der Waals surface area contributed by atoms with Gasteiger partial charge in [0.1, 0.15) is 0 Å². The van der Waals surface area contributed by atoms with Crippen molar-refractivity contribution in [1.29, 1.82) is 0 Å². The van der Waals surface area contributed by atoms with E-state index in [1.807, 2.05) is 0 Å². The smallest absolute Gasteiger partial charge is 0.382 e. The summed E-state index contributed by atoms with van der Waals surface area (Å²) in [6.45, 7) is 0. The number of aromatic hydroxyl groups is 1. The predicted octanol–water partition coefficient (Wildman–Crippen LogP) is 0.491. The molecule has 1 heterocycles. The van der Waals surface area contributed by atoms with E-state index in [0.29, 0.717) is 0 Å². The highest BCUT2D eigenvalue weighted by molar-refractivity contribution is 5.93. The van der Waals surface area contributed by atoms with Crippen molar-refractivity contribution < 1.29 is 24.3 Å². The predicted molar refractivity (Wildman–Crippen MR) is 50.4 cm³/mol. The van der Waals surface area contributed by atoms with Gasteiger partial charge < -0.3 is 24.7 Å². The fraction of sp³-hybridized carbons (Fsp3) is 0.250. The van der Waals surface area contributed by atoms with E-state index in [-0.39, 0.29) is 5.88 Å². The van der Waals surface area contributed by atoms with Crippen LogP contribution in [0.5, 0.6) is 11.6 Å². The summed E-state index contributed by atoms with van der Waals surface area (Å²) in [5.41, 5.74) is -0.439. The third kappa shape index (κ3) is 2.00. The molecule has 0 bridgehead atoms. The van der Waals surface area contributed by atoms with Crippen LogP contribution in [-0.2, 0) is 4.74 Å². The number of carbonyl (C=O) groups excluding carboxylic acids is 1. The maximum atomic E-state index is 11.2. The van der Waals surface area contributed by atoms with Gasteiger partial charge >= 0.3 is 17.7 Å². The number of hydrogen-bond donors (Lipinski definition) is 1. The van der Waals surface area contributed by atoms with E-state index in [0.717, 1.165) is 13.2 Å². The van der Waals surface area contributed by atoms with Crippen LogP contribution in [0.15, 0.2) is 6.07 Å². The van der Waals surface area contributed by atoms with E-state index in [1.165, 1.54) is 7.11 Å². The van der Waals surface area contributed by atoms with E-state index in [1.54, 1.807) is 0 Å². The molecule has 0 saturated heterocycles. The van der Waals surface area contributed by atoms with Gasteiger partial charge in [0.15, 0.2) is 5.56 Å². The number of hydrogen-bond acceptors (Lipinski definition) is 7. The monoisotopic (exact) mass is 228 g/mol. The second kappa shape index (κ2) is 4.43. The minimum absolute atomic E-state index is 0.334. The summed E-state index contributed by atoms with van der Waals surface area (Å²) >= 11 is 0. The molecule has 1 N–H and O–H groups in total. The number of methoxy groups -OCH3 is 2. The molecule has 1 aromatic rings. The molecular weight excluding hydrogens is 220 g/mol. The Morgan fingerprint density at radius 1 is 1.56 bits per heavy atom. The second-order valence-corrected chi connectivity index (χ2v) is 2.64. The molecular formula is C8H8N2O6. The summed E-state index contributed by atoms with van der Waals surface area (Å²) in [7, 11) is 2.25. The molecule has 8 heteroatoms. The molecule has 0 aromatic carbocycles. The van der Waals surface area contributed by atoms with Gasteiger partial charge in [0, 0.05) is 11.1 Å². The van der Waals surface area contributed by atoms with Crippen LogP contribution in [-0.4, -0.2) is 35.2 Å². The van der Waals surface area contributed by atoms with Gasteiger partial charge in [-0.1, -0.05) is 0 Å². The Morgan fingerprint density at radius 3 is 2.62 bits per heavy atom. The maximum Gasteiger partial charge on any atom is 0.382 e. The highest BCUT2D eigenvalue weighted by atomic mass is 16.6.